The number of carbonyl (C=O) groups is 1. The average Bonchev–Trinajstić information content (AvgIpc) is 2.35. The highest BCUT2D eigenvalue weighted by molar-refractivity contribution is 6.48. The first kappa shape index (κ1) is 12.4. The highest BCUT2D eigenvalue weighted by Crippen LogP contribution is 2.31. The topological polar surface area (TPSA) is 17.1 Å². The molecule has 86 valence electrons. The number of carbonyl (C=O) groups excluding carboxylic acids is 1. The molecule has 0 amide bonds. The van der Waals surface area contributed by atoms with E-state index in [1.165, 1.54) is 12.1 Å². The van der Waals surface area contributed by atoms with Gasteiger partial charge in [-0.05, 0) is 12.1 Å². The van der Waals surface area contributed by atoms with Crippen LogP contribution in [0, 0.1) is 0 Å². The van der Waals surface area contributed by atoms with Crippen LogP contribution < -0.4 is 0 Å². The normalized spacial score (nSPS) is 10.3. The quantitative estimate of drug-likeness (QED) is 0.568. The molecule has 0 radical (unpaired) electrons. The first-order valence-corrected chi connectivity index (χ1v) is 5.97. The molecule has 17 heavy (non-hydrogen) atoms. The van der Waals surface area contributed by atoms with Gasteiger partial charge in [0.1, 0.15) is 0 Å². The Bertz CT molecular complexity index is 541. The monoisotopic (exact) mass is 284 g/mol. The van der Waals surface area contributed by atoms with Crippen molar-refractivity contribution in [1.82, 2.24) is 0 Å². The van der Waals surface area contributed by atoms with Crippen LogP contribution in [-0.4, -0.2) is 5.78 Å². The average molecular weight is 286 g/mol. The lowest BCUT2D eigenvalue weighted by molar-refractivity contribution is 0.103. The molecule has 0 saturated carbocycles. The van der Waals surface area contributed by atoms with E-state index in [1.54, 1.807) is 24.3 Å². The number of benzene rings is 2. The second-order valence-electron chi connectivity index (χ2n) is 3.45. The Morgan fingerprint density at radius 3 is 1.88 bits per heavy atom. The number of hydrogen-bond acceptors (Lipinski definition) is 1. The zero-order valence-electron chi connectivity index (χ0n) is 8.58. The summed E-state index contributed by atoms with van der Waals surface area (Å²) in [6.07, 6.45) is 0. The molecule has 0 N–H and O–H groups in total. The molecule has 0 aliphatic rings. The lowest BCUT2D eigenvalue weighted by Crippen LogP contribution is -2.01. The molecule has 0 spiro atoms. The highest BCUT2D eigenvalue weighted by atomic mass is 35.5. The largest absolute Gasteiger partial charge is 0.289 e. The van der Waals surface area contributed by atoms with E-state index >= 15 is 0 Å². The third kappa shape index (κ3) is 2.63. The van der Waals surface area contributed by atoms with Gasteiger partial charge in [0, 0.05) is 11.1 Å². The summed E-state index contributed by atoms with van der Waals surface area (Å²) >= 11 is 17.6. The summed E-state index contributed by atoms with van der Waals surface area (Å²) in [5.74, 6) is -0.133. The summed E-state index contributed by atoms with van der Waals surface area (Å²) in [5.41, 5.74) is 1.01. The molecule has 0 atom stereocenters. The van der Waals surface area contributed by atoms with Crippen LogP contribution in [0.3, 0.4) is 0 Å². The summed E-state index contributed by atoms with van der Waals surface area (Å²) in [6, 6.07) is 11.9. The van der Waals surface area contributed by atoms with Crippen molar-refractivity contribution in [2.45, 2.75) is 0 Å². The van der Waals surface area contributed by atoms with Crippen LogP contribution in [-0.2, 0) is 0 Å². The van der Waals surface area contributed by atoms with E-state index in [-0.39, 0.29) is 20.9 Å². The van der Waals surface area contributed by atoms with Gasteiger partial charge in [0.2, 0.25) is 0 Å². The van der Waals surface area contributed by atoms with Crippen molar-refractivity contribution in [3.63, 3.8) is 0 Å². The van der Waals surface area contributed by atoms with E-state index in [0.29, 0.717) is 11.1 Å². The molecule has 0 heterocycles. The lowest BCUT2D eigenvalue weighted by Gasteiger charge is -2.04. The van der Waals surface area contributed by atoms with Crippen LogP contribution in [0.15, 0.2) is 42.5 Å². The first-order valence-electron chi connectivity index (χ1n) is 4.84. The number of rotatable bonds is 2. The van der Waals surface area contributed by atoms with Crippen LogP contribution in [0.4, 0.5) is 0 Å². The molecule has 2 rings (SSSR count). The first-order chi connectivity index (χ1) is 8.09. The molecule has 0 bridgehead atoms. The summed E-state index contributed by atoms with van der Waals surface area (Å²) in [7, 11) is 0. The van der Waals surface area contributed by atoms with Gasteiger partial charge in [-0.25, -0.2) is 0 Å². The van der Waals surface area contributed by atoms with E-state index in [0.717, 1.165) is 0 Å². The molecule has 2 aromatic rings. The maximum atomic E-state index is 12.1. The molecule has 0 aromatic heterocycles. The van der Waals surface area contributed by atoms with Gasteiger partial charge in [0.05, 0.1) is 15.1 Å². The van der Waals surface area contributed by atoms with E-state index in [1.807, 2.05) is 6.07 Å². The van der Waals surface area contributed by atoms with Crippen molar-refractivity contribution in [2.24, 2.45) is 0 Å². The number of halogens is 3. The van der Waals surface area contributed by atoms with Gasteiger partial charge in [-0.1, -0.05) is 65.1 Å². The van der Waals surface area contributed by atoms with Gasteiger partial charge in [-0.2, -0.15) is 0 Å². The Hall–Kier alpha value is -1.02. The van der Waals surface area contributed by atoms with Gasteiger partial charge in [0.15, 0.2) is 5.78 Å². The van der Waals surface area contributed by atoms with Crippen LogP contribution >= 0.6 is 34.8 Å². The Balaban J connectivity index is 2.45. The maximum Gasteiger partial charge on any atom is 0.193 e. The van der Waals surface area contributed by atoms with E-state index in [9.17, 15) is 4.79 Å². The second-order valence-corrected chi connectivity index (χ2v) is 4.64. The van der Waals surface area contributed by atoms with E-state index in [2.05, 4.69) is 0 Å². The van der Waals surface area contributed by atoms with Crippen LogP contribution in [0.1, 0.15) is 15.9 Å². The second kappa shape index (κ2) is 5.09. The van der Waals surface area contributed by atoms with Gasteiger partial charge >= 0.3 is 0 Å². The predicted molar refractivity (Wildman–Crippen MR) is 71.3 cm³/mol. The molecule has 0 saturated heterocycles. The van der Waals surface area contributed by atoms with Crippen molar-refractivity contribution in [2.75, 3.05) is 0 Å². The Morgan fingerprint density at radius 2 is 1.35 bits per heavy atom. The lowest BCUT2D eigenvalue weighted by atomic mass is 10.0. The van der Waals surface area contributed by atoms with E-state index < -0.39 is 0 Å². The number of ketones is 1. The Kier molecular flexibility index (Phi) is 3.72. The zero-order chi connectivity index (χ0) is 12.4. The highest BCUT2D eigenvalue weighted by Gasteiger charge is 2.13. The standard InChI is InChI=1S/C13H7Cl3O/c14-10-6-9(7-11(15)12(10)16)13(17)8-4-2-1-3-5-8/h1-7H. The molecule has 1 nitrogen and oxygen atoms in total. The molecule has 4 heteroatoms. The minimum Gasteiger partial charge on any atom is -0.289 e. The van der Waals surface area contributed by atoms with Crippen LogP contribution in [0.2, 0.25) is 15.1 Å². The number of hydrogen-bond donors (Lipinski definition) is 0. The maximum absolute atomic E-state index is 12.1. The summed E-state index contributed by atoms with van der Waals surface area (Å²) in [6.45, 7) is 0. The summed E-state index contributed by atoms with van der Waals surface area (Å²) < 4.78 is 0. The molecule has 2 aromatic carbocycles. The fourth-order valence-electron chi connectivity index (χ4n) is 1.44. The van der Waals surface area contributed by atoms with Gasteiger partial charge in [-0.15, -0.1) is 0 Å². The molecule has 0 unspecified atom stereocenters. The summed E-state index contributed by atoms with van der Waals surface area (Å²) in [5, 5.41) is 0.815. The van der Waals surface area contributed by atoms with Crippen molar-refractivity contribution in [3.05, 3.63) is 68.7 Å². The molecular formula is C13H7Cl3O. The fourth-order valence-corrected chi connectivity index (χ4v) is 2.04. The van der Waals surface area contributed by atoms with Gasteiger partial charge in [0.25, 0.3) is 0 Å². The van der Waals surface area contributed by atoms with Crippen LogP contribution in [0.5, 0.6) is 0 Å². The molecule has 0 fully saturated rings. The summed E-state index contributed by atoms with van der Waals surface area (Å²) in [4.78, 5) is 12.1. The SMILES string of the molecule is O=C(c1ccccc1)c1cc(Cl)c(Cl)c(Cl)c1. The van der Waals surface area contributed by atoms with Crippen molar-refractivity contribution in [1.29, 1.82) is 0 Å². The van der Waals surface area contributed by atoms with Crippen LogP contribution in [0.25, 0.3) is 0 Å². The Morgan fingerprint density at radius 1 is 0.824 bits per heavy atom. The zero-order valence-corrected chi connectivity index (χ0v) is 10.9. The Labute approximate surface area is 114 Å². The molecule has 0 aliphatic carbocycles. The van der Waals surface area contributed by atoms with Crippen molar-refractivity contribution >= 4 is 40.6 Å². The third-order valence-corrected chi connectivity index (χ3v) is 3.48. The van der Waals surface area contributed by atoms with Gasteiger partial charge in [-0.3, -0.25) is 4.79 Å². The minimum absolute atomic E-state index is 0.133. The fraction of sp³-hybridized carbons (Fsp3) is 0. The van der Waals surface area contributed by atoms with Crippen molar-refractivity contribution < 1.29 is 4.79 Å². The smallest absolute Gasteiger partial charge is 0.193 e. The third-order valence-electron chi connectivity index (χ3n) is 2.28. The van der Waals surface area contributed by atoms with Crippen molar-refractivity contribution in [3.8, 4) is 0 Å². The van der Waals surface area contributed by atoms with E-state index in [4.69, 9.17) is 34.8 Å². The molecular weight excluding hydrogens is 279 g/mol. The minimum atomic E-state index is -0.133. The molecule has 0 aliphatic heterocycles. The predicted octanol–water partition coefficient (Wildman–Crippen LogP) is 4.88. The van der Waals surface area contributed by atoms with Gasteiger partial charge < -0.3 is 0 Å².